The molecular formula is C20H20N4OS. The van der Waals surface area contributed by atoms with E-state index in [1.165, 1.54) is 0 Å². The number of hydrogen-bond acceptors (Lipinski definition) is 5. The second-order valence-corrected chi connectivity index (χ2v) is 6.59. The van der Waals surface area contributed by atoms with Gasteiger partial charge in [0, 0.05) is 12.2 Å². The SMILES string of the molecule is NC(=Nc1ccc(NC(C=O)NCc2ccccc2)cc1)c1cccs1. The fourth-order valence-corrected chi connectivity index (χ4v) is 3.01. The summed E-state index contributed by atoms with van der Waals surface area (Å²) in [6.07, 6.45) is 0.379. The molecule has 1 aromatic heterocycles. The zero-order valence-corrected chi connectivity index (χ0v) is 14.9. The van der Waals surface area contributed by atoms with E-state index < -0.39 is 6.17 Å². The minimum atomic E-state index is -0.472. The molecule has 0 aliphatic rings. The Bertz CT molecular complexity index is 845. The van der Waals surface area contributed by atoms with Gasteiger partial charge in [0.2, 0.25) is 0 Å². The Morgan fingerprint density at radius 1 is 1.08 bits per heavy atom. The van der Waals surface area contributed by atoms with Crippen LogP contribution in [0.5, 0.6) is 0 Å². The third-order valence-corrected chi connectivity index (χ3v) is 4.61. The number of nitrogens with one attached hydrogen (secondary N) is 2. The van der Waals surface area contributed by atoms with E-state index in [1.54, 1.807) is 11.3 Å². The number of aliphatic imine (C=N–C) groups is 1. The number of nitrogens with zero attached hydrogens (tertiary/aromatic N) is 1. The summed E-state index contributed by atoms with van der Waals surface area (Å²) in [5.74, 6) is 0.496. The molecule has 5 nitrogen and oxygen atoms in total. The summed E-state index contributed by atoms with van der Waals surface area (Å²) in [4.78, 5) is 16.7. The fourth-order valence-electron chi connectivity index (χ4n) is 2.39. The highest BCUT2D eigenvalue weighted by Crippen LogP contribution is 2.18. The molecule has 0 radical (unpaired) electrons. The molecule has 2 aromatic carbocycles. The number of anilines is 1. The van der Waals surface area contributed by atoms with E-state index in [9.17, 15) is 4.79 Å². The Morgan fingerprint density at radius 2 is 1.85 bits per heavy atom. The molecule has 1 unspecified atom stereocenters. The maximum absolute atomic E-state index is 11.3. The zero-order valence-electron chi connectivity index (χ0n) is 14.1. The van der Waals surface area contributed by atoms with Crippen molar-refractivity contribution in [2.45, 2.75) is 12.7 Å². The number of thiophene rings is 1. The minimum Gasteiger partial charge on any atom is -0.383 e. The normalized spacial score (nSPS) is 12.5. The van der Waals surface area contributed by atoms with Crippen molar-refractivity contribution in [1.82, 2.24) is 5.32 Å². The van der Waals surface area contributed by atoms with Crippen molar-refractivity contribution < 1.29 is 4.79 Å². The Hall–Kier alpha value is -2.96. The van der Waals surface area contributed by atoms with Gasteiger partial charge in [0.25, 0.3) is 0 Å². The third kappa shape index (κ3) is 5.02. The molecule has 3 rings (SSSR count). The van der Waals surface area contributed by atoms with Crippen LogP contribution < -0.4 is 16.4 Å². The number of nitrogens with two attached hydrogens (primary N) is 1. The van der Waals surface area contributed by atoms with E-state index >= 15 is 0 Å². The number of benzene rings is 2. The summed E-state index contributed by atoms with van der Waals surface area (Å²) in [7, 11) is 0. The Morgan fingerprint density at radius 3 is 2.50 bits per heavy atom. The van der Waals surface area contributed by atoms with Crippen molar-refractivity contribution in [2.24, 2.45) is 10.7 Å². The first-order valence-electron chi connectivity index (χ1n) is 8.22. The van der Waals surface area contributed by atoms with E-state index in [2.05, 4.69) is 15.6 Å². The quantitative estimate of drug-likeness (QED) is 0.247. The minimum absolute atomic E-state index is 0.472. The second kappa shape index (κ2) is 8.94. The maximum atomic E-state index is 11.3. The average molecular weight is 364 g/mol. The number of carbonyl (C=O) groups excluding carboxylic acids is 1. The Labute approximate surface area is 156 Å². The van der Waals surface area contributed by atoms with Gasteiger partial charge in [0.15, 0.2) is 6.29 Å². The number of carbonyl (C=O) groups is 1. The van der Waals surface area contributed by atoms with Gasteiger partial charge in [-0.25, -0.2) is 4.99 Å². The van der Waals surface area contributed by atoms with Crippen LogP contribution in [0.15, 0.2) is 77.1 Å². The molecule has 6 heteroatoms. The molecule has 0 aliphatic heterocycles. The fraction of sp³-hybridized carbons (Fsp3) is 0.100. The monoisotopic (exact) mass is 364 g/mol. The van der Waals surface area contributed by atoms with Gasteiger partial charge in [-0.2, -0.15) is 0 Å². The first kappa shape index (κ1) is 17.8. The zero-order chi connectivity index (χ0) is 18.2. The van der Waals surface area contributed by atoms with Gasteiger partial charge in [0.05, 0.1) is 10.6 Å². The Kier molecular flexibility index (Phi) is 6.14. The Balaban J connectivity index is 1.59. The summed E-state index contributed by atoms with van der Waals surface area (Å²) in [5, 5.41) is 8.29. The molecule has 0 spiro atoms. The summed E-state index contributed by atoms with van der Waals surface area (Å²) >= 11 is 1.55. The van der Waals surface area contributed by atoms with Crippen molar-refractivity contribution in [1.29, 1.82) is 0 Å². The molecule has 132 valence electrons. The highest BCUT2D eigenvalue weighted by atomic mass is 32.1. The van der Waals surface area contributed by atoms with Crippen molar-refractivity contribution in [3.05, 3.63) is 82.6 Å². The van der Waals surface area contributed by atoms with Crippen LogP contribution in [0, 0.1) is 0 Å². The molecule has 0 saturated heterocycles. The molecule has 0 bridgehead atoms. The second-order valence-electron chi connectivity index (χ2n) is 5.65. The lowest BCUT2D eigenvalue weighted by Gasteiger charge is -2.16. The third-order valence-electron chi connectivity index (χ3n) is 3.72. The van der Waals surface area contributed by atoms with Crippen LogP contribution in [0.1, 0.15) is 10.4 Å². The maximum Gasteiger partial charge on any atom is 0.157 e. The van der Waals surface area contributed by atoms with Crippen LogP contribution in [0.2, 0.25) is 0 Å². The van der Waals surface area contributed by atoms with Crippen molar-refractivity contribution >= 4 is 34.8 Å². The number of aldehydes is 1. The van der Waals surface area contributed by atoms with E-state index in [1.807, 2.05) is 72.1 Å². The number of hydrogen-bond donors (Lipinski definition) is 3. The van der Waals surface area contributed by atoms with Crippen LogP contribution in [0.3, 0.4) is 0 Å². The van der Waals surface area contributed by atoms with E-state index in [-0.39, 0.29) is 0 Å². The predicted octanol–water partition coefficient (Wildman–Crippen LogP) is 3.51. The van der Waals surface area contributed by atoms with Gasteiger partial charge >= 0.3 is 0 Å². The number of amidine groups is 1. The van der Waals surface area contributed by atoms with E-state index in [0.717, 1.165) is 28.1 Å². The predicted molar refractivity (Wildman–Crippen MR) is 108 cm³/mol. The standard InChI is InChI=1S/C20H20N4OS/c21-20(18-7-4-12-26-18)24-17-10-8-16(9-11-17)23-19(14-25)22-13-15-5-2-1-3-6-15/h1-12,14,19,22-23H,13H2,(H2,21,24). The molecule has 26 heavy (non-hydrogen) atoms. The first-order chi connectivity index (χ1) is 12.7. The highest BCUT2D eigenvalue weighted by Gasteiger charge is 2.06. The van der Waals surface area contributed by atoms with Crippen LogP contribution in [0.25, 0.3) is 0 Å². The van der Waals surface area contributed by atoms with Gasteiger partial charge in [-0.1, -0.05) is 36.4 Å². The molecule has 0 saturated carbocycles. The van der Waals surface area contributed by atoms with E-state index in [0.29, 0.717) is 12.4 Å². The highest BCUT2D eigenvalue weighted by molar-refractivity contribution is 7.12. The van der Waals surface area contributed by atoms with Gasteiger partial charge < -0.3 is 11.1 Å². The molecule has 1 atom stereocenters. The summed E-state index contributed by atoms with van der Waals surface area (Å²) in [6, 6.07) is 21.3. The van der Waals surface area contributed by atoms with Crippen molar-refractivity contribution in [2.75, 3.05) is 5.32 Å². The van der Waals surface area contributed by atoms with Crippen molar-refractivity contribution in [3.63, 3.8) is 0 Å². The molecule has 0 amide bonds. The lowest BCUT2D eigenvalue weighted by molar-refractivity contribution is -0.109. The topological polar surface area (TPSA) is 79.5 Å². The van der Waals surface area contributed by atoms with Crippen molar-refractivity contribution in [3.8, 4) is 0 Å². The van der Waals surface area contributed by atoms with Gasteiger partial charge in [-0.3, -0.25) is 10.1 Å². The van der Waals surface area contributed by atoms with Crippen LogP contribution >= 0.6 is 11.3 Å². The largest absolute Gasteiger partial charge is 0.383 e. The molecule has 4 N–H and O–H groups in total. The molecule has 1 heterocycles. The van der Waals surface area contributed by atoms with Crippen LogP contribution in [-0.2, 0) is 11.3 Å². The molecule has 3 aromatic rings. The summed E-state index contributed by atoms with van der Waals surface area (Å²) in [5.41, 5.74) is 8.71. The van der Waals surface area contributed by atoms with Gasteiger partial charge in [0.1, 0.15) is 12.0 Å². The summed E-state index contributed by atoms with van der Waals surface area (Å²) < 4.78 is 0. The number of rotatable bonds is 8. The molecule has 0 fully saturated rings. The lowest BCUT2D eigenvalue weighted by Crippen LogP contribution is -2.37. The van der Waals surface area contributed by atoms with Gasteiger partial charge in [-0.05, 0) is 41.3 Å². The van der Waals surface area contributed by atoms with Gasteiger partial charge in [-0.15, -0.1) is 11.3 Å². The molecular weight excluding hydrogens is 344 g/mol. The smallest absolute Gasteiger partial charge is 0.157 e. The summed E-state index contributed by atoms with van der Waals surface area (Å²) in [6.45, 7) is 0.608. The van der Waals surface area contributed by atoms with E-state index in [4.69, 9.17) is 5.73 Å². The first-order valence-corrected chi connectivity index (χ1v) is 9.10. The average Bonchev–Trinajstić information content (AvgIpc) is 3.22. The lowest BCUT2D eigenvalue weighted by atomic mass is 10.2. The van der Waals surface area contributed by atoms with Crippen LogP contribution in [-0.4, -0.2) is 18.3 Å². The molecule has 0 aliphatic carbocycles. The van der Waals surface area contributed by atoms with Crippen LogP contribution in [0.4, 0.5) is 11.4 Å².